The number of hydrogen-bond donors (Lipinski definition) is 1. The van der Waals surface area contributed by atoms with E-state index >= 15 is 0 Å². The zero-order valence-electron chi connectivity index (χ0n) is 11.5. The summed E-state index contributed by atoms with van der Waals surface area (Å²) in [6.45, 7) is 1.77. The Hall–Kier alpha value is -2.69. The van der Waals surface area contributed by atoms with Gasteiger partial charge in [0.1, 0.15) is 5.82 Å². The Labute approximate surface area is 120 Å². The third-order valence-corrected chi connectivity index (χ3v) is 3.09. The maximum Gasteiger partial charge on any atom is 0.340 e. The topological polar surface area (TPSA) is 63.6 Å². The Morgan fingerprint density at radius 3 is 2.38 bits per heavy atom. The maximum atomic E-state index is 13.9. The van der Waals surface area contributed by atoms with Crippen LogP contribution >= 0.6 is 0 Å². The Bertz CT molecular complexity index is 722. The minimum Gasteiger partial charge on any atom is -0.478 e. The van der Waals surface area contributed by atoms with Gasteiger partial charge in [-0.15, -0.1) is 0 Å². The fourth-order valence-corrected chi connectivity index (χ4v) is 2.04. The highest BCUT2D eigenvalue weighted by Gasteiger charge is 2.16. The molecule has 0 unspecified atom stereocenters. The van der Waals surface area contributed by atoms with Gasteiger partial charge in [-0.1, -0.05) is 23.8 Å². The van der Waals surface area contributed by atoms with Crippen molar-refractivity contribution < 1.29 is 23.8 Å². The number of hydrogen-bond acceptors (Lipinski definition) is 3. The maximum absolute atomic E-state index is 13.9. The summed E-state index contributed by atoms with van der Waals surface area (Å²) in [4.78, 5) is 22.6. The highest BCUT2D eigenvalue weighted by atomic mass is 19.1. The van der Waals surface area contributed by atoms with Crippen LogP contribution in [-0.4, -0.2) is 24.2 Å². The summed E-state index contributed by atoms with van der Waals surface area (Å²) >= 11 is 0. The molecule has 1 N–H and O–H groups in total. The molecule has 0 aliphatic rings. The van der Waals surface area contributed by atoms with Gasteiger partial charge in [0, 0.05) is 0 Å². The first kappa shape index (κ1) is 14.7. The zero-order chi connectivity index (χ0) is 15.6. The monoisotopic (exact) mass is 288 g/mol. The number of aryl methyl sites for hydroxylation is 1. The van der Waals surface area contributed by atoms with Gasteiger partial charge in [-0.25, -0.2) is 14.0 Å². The fourth-order valence-electron chi connectivity index (χ4n) is 2.04. The fraction of sp³-hybridized carbons (Fsp3) is 0.125. The molecule has 0 atom stereocenters. The standard InChI is InChI=1S/C16H13FO4/c1-9-3-5-11(13(7-9)15(18)19)10-4-6-12(14(17)8-10)16(20)21-2/h3-8H,1-2H3,(H,18,19). The molecule has 0 aliphatic carbocycles. The largest absolute Gasteiger partial charge is 0.478 e. The Morgan fingerprint density at radius 1 is 1.10 bits per heavy atom. The number of ether oxygens (including phenoxy) is 1. The van der Waals surface area contributed by atoms with Crippen LogP contribution in [0.15, 0.2) is 36.4 Å². The van der Waals surface area contributed by atoms with Crippen molar-refractivity contribution in [2.24, 2.45) is 0 Å². The van der Waals surface area contributed by atoms with Crippen molar-refractivity contribution in [3.63, 3.8) is 0 Å². The van der Waals surface area contributed by atoms with Crippen molar-refractivity contribution in [3.8, 4) is 11.1 Å². The van der Waals surface area contributed by atoms with Crippen molar-refractivity contribution in [2.45, 2.75) is 6.92 Å². The minimum atomic E-state index is -1.09. The van der Waals surface area contributed by atoms with Gasteiger partial charge in [0.2, 0.25) is 0 Å². The van der Waals surface area contributed by atoms with Crippen molar-refractivity contribution in [2.75, 3.05) is 7.11 Å². The summed E-state index contributed by atoms with van der Waals surface area (Å²) in [6, 6.07) is 8.78. The number of carboxylic acid groups (broad SMARTS) is 1. The van der Waals surface area contributed by atoms with Crippen LogP contribution in [0.2, 0.25) is 0 Å². The Morgan fingerprint density at radius 2 is 1.81 bits per heavy atom. The molecule has 2 aromatic carbocycles. The molecule has 4 nitrogen and oxygen atoms in total. The third kappa shape index (κ3) is 2.91. The van der Waals surface area contributed by atoms with Gasteiger partial charge in [-0.2, -0.15) is 0 Å². The van der Waals surface area contributed by atoms with E-state index in [0.29, 0.717) is 11.1 Å². The second kappa shape index (κ2) is 5.75. The predicted octanol–water partition coefficient (Wildman–Crippen LogP) is 3.29. The van der Waals surface area contributed by atoms with Gasteiger partial charge in [0.05, 0.1) is 18.2 Å². The van der Waals surface area contributed by atoms with E-state index in [1.54, 1.807) is 19.1 Å². The molecule has 0 saturated carbocycles. The first-order valence-corrected chi connectivity index (χ1v) is 6.16. The van der Waals surface area contributed by atoms with Crippen LogP contribution < -0.4 is 0 Å². The van der Waals surface area contributed by atoms with Crippen molar-refractivity contribution in [1.82, 2.24) is 0 Å². The first-order chi connectivity index (χ1) is 9.93. The number of methoxy groups -OCH3 is 1. The van der Waals surface area contributed by atoms with Crippen LogP contribution in [0.4, 0.5) is 4.39 Å². The van der Waals surface area contributed by atoms with Crippen LogP contribution in [0.1, 0.15) is 26.3 Å². The highest BCUT2D eigenvalue weighted by Crippen LogP contribution is 2.27. The number of aromatic carboxylic acids is 1. The van der Waals surface area contributed by atoms with E-state index in [1.807, 2.05) is 0 Å². The number of carbonyl (C=O) groups excluding carboxylic acids is 1. The van der Waals surface area contributed by atoms with E-state index in [-0.39, 0.29) is 11.1 Å². The summed E-state index contributed by atoms with van der Waals surface area (Å²) in [6.07, 6.45) is 0. The van der Waals surface area contributed by atoms with Gasteiger partial charge < -0.3 is 9.84 Å². The molecule has 0 radical (unpaired) electrons. The van der Waals surface area contributed by atoms with E-state index in [1.165, 1.54) is 18.2 Å². The van der Waals surface area contributed by atoms with Gasteiger partial charge in [0.25, 0.3) is 0 Å². The second-order valence-electron chi connectivity index (χ2n) is 4.54. The van der Waals surface area contributed by atoms with Crippen molar-refractivity contribution in [3.05, 3.63) is 58.9 Å². The van der Waals surface area contributed by atoms with Crippen molar-refractivity contribution in [1.29, 1.82) is 0 Å². The molecule has 21 heavy (non-hydrogen) atoms. The lowest BCUT2D eigenvalue weighted by Crippen LogP contribution is -2.05. The lowest BCUT2D eigenvalue weighted by atomic mass is 9.97. The lowest BCUT2D eigenvalue weighted by molar-refractivity contribution is 0.0594. The lowest BCUT2D eigenvalue weighted by Gasteiger charge is -2.09. The normalized spacial score (nSPS) is 10.2. The molecule has 0 spiro atoms. The van der Waals surface area contributed by atoms with Crippen LogP contribution in [0, 0.1) is 12.7 Å². The Balaban J connectivity index is 2.56. The molecule has 2 rings (SSSR count). The molecule has 2 aromatic rings. The van der Waals surface area contributed by atoms with Crippen LogP contribution in [0.3, 0.4) is 0 Å². The third-order valence-electron chi connectivity index (χ3n) is 3.09. The molecule has 0 aliphatic heterocycles. The van der Waals surface area contributed by atoms with Gasteiger partial charge >= 0.3 is 11.9 Å². The summed E-state index contributed by atoms with van der Waals surface area (Å²) in [5.74, 6) is -2.62. The first-order valence-electron chi connectivity index (χ1n) is 6.16. The van der Waals surface area contributed by atoms with Crippen LogP contribution in [-0.2, 0) is 4.74 Å². The molecule has 0 amide bonds. The van der Waals surface area contributed by atoms with Gasteiger partial charge in [-0.3, -0.25) is 0 Å². The molecule has 0 aromatic heterocycles. The number of halogens is 1. The van der Waals surface area contributed by atoms with Gasteiger partial charge in [-0.05, 0) is 36.2 Å². The quantitative estimate of drug-likeness (QED) is 0.880. The van der Waals surface area contributed by atoms with Gasteiger partial charge in [0.15, 0.2) is 0 Å². The second-order valence-corrected chi connectivity index (χ2v) is 4.54. The molecule has 0 fully saturated rings. The number of esters is 1. The van der Waals surface area contributed by atoms with E-state index in [2.05, 4.69) is 4.74 Å². The SMILES string of the molecule is COC(=O)c1ccc(-c2ccc(C)cc2C(=O)O)cc1F. The molecule has 5 heteroatoms. The molecular formula is C16H13FO4. The summed E-state index contributed by atoms with van der Waals surface area (Å²) in [5.41, 5.74) is 1.47. The van der Waals surface area contributed by atoms with E-state index in [4.69, 9.17) is 0 Å². The number of carbonyl (C=O) groups is 2. The highest BCUT2D eigenvalue weighted by molar-refractivity contribution is 5.97. The molecule has 0 saturated heterocycles. The average Bonchev–Trinajstić information content (AvgIpc) is 2.46. The minimum absolute atomic E-state index is 0.0835. The van der Waals surface area contributed by atoms with Crippen LogP contribution in [0.25, 0.3) is 11.1 Å². The predicted molar refractivity (Wildman–Crippen MR) is 74.9 cm³/mol. The van der Waals surface area contributed by atoms with E-state index in [0.717, 1.165) is 18.7 Å². The van der Waals surface area contributed by atoms with Crippen LogP contribution in [0.5, 0.6) is 0 Å². The molecule has 0 bridgehead atoms. The van der Waals surface area contributed by atoms with E-state index < -0.39 is 17.8 Å². The zero-order valence-corrected chi connectivity index (χ0v) is 11.5. The number of carboxylic acids is 1. The summed E-state index contributed by atoms with van der Waals surface area (Å²) in [5, 5.41) is 9.23. The average molecular weight is 288 g/mol. The summed E-state index contributed by atoms with van der Waals surface area (Å²) < 4.78 is 18.4. The number of rotatable bonds is 3. The number of benzene rings is 2. The van der Waals surface area contributed by atoms with E-state index in [9.17, 15) is 19.1 Å². The summed E-state index contributed by atoms with van der Waals surface area (Å²) in [7, 11) is 1.16. The molecular weight excluding hydrogens is 275 g/mol. The molecule has 0 heterocycles. The van der Waals surface area contributed by atoms with Crippen molar-refractivity contribution >= 4 is 11.9 Å². The Kier molecular flexibility index (Phi) is 4.03. The smallest absolute Gasteiger partial charge is 0.340 e. The molecule has 108 valence electrons.